The fourth-order valence-electron chi connectivity index (χ4n) is 1.33. The summed E-state index contributed by atoms with van der Waals surface area (Å²) >= 11 is 0. The van der Waals surface area contributed by atoms with E-state index in [1.807, 2.05) is 0 Å². The molecular weight excluding hydrogens is 204 g/mol. The Hall–Kier alpha value is -1.71. The molecule has 2 rings (SSSR count). The molecule has 0 radical (unpaired) electrons. The quantitative estimate of drug-likeness (QED) is 0.816. The minimum atomic E-state index is 0.169. The van der Waals surface area contributed by atoms with Gasteiger partial charge in [0, 0.05) is 12.6 Å². The molecule has 1 heterocycles. The summed E-state index contributed by atoms with van der Waals surface area (Å²) in [5, 5.41) is 12.4. The van der Waals surface area contributed by atoms with E-state index in [9.17, 15) is 5.11 Å². The van der Waals surface area contributed by atoms with Crippen molar-refractivity contribution in [2.75, 3.05) is 11.9 Å². The molecular formula is C12H16N2O2. The molecule has 0 aliphatic heterocycles. The Balaban J connectivity index is 2.20. The maximum Gasteiger partial charge on any atom is 0.295 e. The molecule has 0 spiro atoms. The Bertz CT molecular complexity index is 497. The predicted octanol–water partition coefficient (Wildman–Crippen LogP) is 2.99. The number of aromatic hydroxyl groups is 1. The number of benzene rings is 1. The van der Waals surface area contributed by atoms with Gasteiger partial charge < -0.3 is 14.8 Å². The first kappa shape index (κ1) is 10.8. The van der Waals surface area contributed by atoms with Gasteiger partial charge in [-0.1, -0.05) is 20.8 Å². The first-order chi connectivity index (χ1) is 7.44. The van der Waals surface area contributed by atoms with Crippen LogP contribution >= 0.6 is 0 Å². The van der Waals surface area contributed by atoms with Gasteiger partial charge in [0.1, 0.15) is 11.3 Å². The van der Waals surface area contributed by atoms with Crippen LogP contribution in [0.3, 0.4) is 0 Å². The van der Waals surface area contributed by atoms with Crippen molar-refractivity contribution >= 4 is 17.1 Å². The minimum Gasteiger partial charge on any atom is -0.508 e. The number of nitrogens with one attached hydrogen (secondary N) is 1. The number of phenols is 1. The molecule has 1 aromatic heterocycles. The van der Waals surface area contributed by atoms with Crippen LogP contribution in [0, 0.1) is 5.41 Å². The molecule has 4 nitrogen and oxygen atoms in total. The molecule has 2 aromatic rings. The van der Waals surface area contributed by atoms with Crippen LogP contribution in [-0.2, 0) is 0 Å². The topological polar surface area (TPSA) is 58.3 Å². The van der Waals surface area contributed by atoms with Gasteiger partial charge in [-0.05, 0) is 17.5 Å². The van der Waals surface area contributed by atoms with E-state index in [1.165, 1.54) is 0 Å². The average Bonchev–Trinajstić information content (AvgIpc) is 2.55. The van der Waals surface area contributed by atoms with Crippen LogP contribution in [0.25, 0.3) is 11.1 Å². The van der Waals surface area contributed by atoms with Crippen molar-refractivity contribution < 1.29 is 9.52 Å². The number of oxazole rings is 1. The van der Waals surface area contributed by atoms with E-state index in [0.717, 1.165) is 12.1 Å². The summed E-state index contributed by atoms with van der Waals surface area (Å²) in [6, 6.07) is 5.38. The van der Waals surface area contributed by atoms with Gasteiger partial charge in [0.25, 0.3) is 6.01 Å². The maximum atomic E-state index is 9.29. The van der Waals surface area contributed by atoms with Gasteiger partial charge in [-0.15, -0.1) is 0 Å². The van der Waals surface area contributed by atoms with Gasteiger partial charge in [0.05, 0.1) is 0 Å². The van der Waals surface area contributed by atoms with E-state index in [-0.39, 0.29) is 11.2 Å². The molecule has 0 saturated carbocycles. The molecule has 4 heteroatoms. The van der Waals surface area contributed by atoms with Gasteiger partial charge >= 0.3 is 0 Å². The van der Waals surface area contributed by atoms with E-state index in [2.05, 4.69) is 31.1 Å². The molecule has 0 saturated heterocycles. The highest BCUT2D eigenvalue weighted by atomic mass is 16.4. The second kappa shape index (κ2) is 3.70. The lowest BCUT2D eigenvalue weighted by Crippen LogP contribution is -2.19. The highest BCUT2D eigenvalue weighted by Crippen LogP contribution is 2.23. The third-order valence-electron chi connectivity index (χ3n) is 2.14. The monoisotopic (exact) mass is 220 g/mol. The Morgan fingerprint density at radius 1 is 1.38 bits per heavy atom. The number of fused-ring (bicyclic) bond motifs is 1. The van der Waals surface area contributed by atoms with Crippen molar-refractivity contribution in [1.82, 2.24) is 4.98 Å². The van der Waals surface area contributed by atoms with Crippen LogP contribution in [0.15, 0.2) is 22.6 Å². The molecule has 2 N–H and O–H groups in total. The van der Waals surface area contributed by atoms with Crippen LogP contribution in [0.5, 0.6) is 5.75 Å². The van der Waals surface area contributed by atoms with Crippen molar-refractivity contribution in [2.45, 2.75) is 20.8 Å². The molecule has 1 aromatic carbocycles. The Labute approximate surface area is 94.3 Å². The molecule has 0 amide bonds. The second-order valence-electron chi connectivity index (χ2n) is 5.09. The normalized spacial score (nSPS) is 11.9. The number of anilines is 1. The minimum absolute atomic E-state index is 0.169. The van der Waals surface area contributed by atoms with Crippen LogP contribution in [0.4, 0.5) is 6.01 Å². The number of hydrogen-bond donors (Lipinski definition) is 2. The number of nitrogens with zero attached hydrogens (tertiary/aromatic N) is 1. The highest BCUT2D eigenvalue weighted by molar-refractivity contribution is 5.75. The zero-order chi connectivity index (χ0) is 11.8. The first-order valence-corrected chi connectivity index (χ1v) is 5.27. The van der Waals surface area contributed by atoms with Crippen LogP contribution in [-0.4, -0.2) is 16.6 Å². The van der Waals surface area contributed by atoms with Gasteiger partial charge in [-0.25, -0.2) is 0 Å². The van der Waals surface area contributed by atoms with Gasteiger partial charge in [0.15, 0.2) is 5.58 Å². The summed E-state index contributed by atoms with van der Waals surface area (Å²) in [5.74, 6) is 0.186. The summed E-state index contributed by atoms with van der Waals surface area (Å²) in [7, 11) is 0. The Kier molecular flexibility index (Phi) is 2.50. The molecule has 16 heavy (non-hydrogen) atoms. The lowest BCUT2D eigenvalue weighted by Gasteiger charge is -2.17. The largest absolute Gasteiger partial charge is 0.508 e. The van der Waals surface area contributed by atoms with E-state index in [0.29, 0.717) is 11.6 Å². The maximum absolute atomic E-state index is 9.29. The molecule has 0 unspecified atom stereocenters. The van der Waals surface area contributed by atoms with Gasteiger partial charge in [0.2, 0.25) is 0 Å². The van der Waals surface area contributed by atoms with E-state index in [1.54, 1.807) is 18.2 Å². The lowest BCUT2D eigenvalue weighted by molar-refractivity contribution is 0.435. The predicted molar refractivity (Wildman–Crippen MR) is 63.6 cm³/mol. The summed E-state index contributed by atoms with van der Waals surface area (Å²) in [4.78, 5) is 4.27. The second-order valence-corrected chi connectivity index (χ2v) is 5.09. The summed E-state index contributed by atoms with van der Waals surface area (Å²) < 4.78 is 5.46. The number of phenolic OH excluding ortho intramolecular Hbond substituents is 1. The first-order valence-electron chi connectivity index (χ1n) is 5.27. The standard InChI is InChI=1S/C12H16N2O2/c1-12(2,3)7-13-11-14-9-5-4-8(15)6-10(9)16-11/h4-6,15H,7H2,1-3H3,(H,13,14). The van der Waals surface area contributed by atoms with E-state index in [4.69, 9.17) is 4.42 Å². The fourth-order valence-corrected chi connectivity index (χ4v) is 1.33. The van der Waals surface area contributed by atoms with Gasteiger partial charge in [-0.2, -0.15) is 4.98 Å². The molecule has 0 aliphatic carbocycles. The lowest BCUT2D eigenvalue weighted by atomic mass is 9.97. The molecule has 0 atom stereocenters. The van der Waals surface area contributed by atoms with Crippen molar-refractivity contribution in [3.8, 4) is 5.75 Å². The van der Waals surface area contributed by atoms with Crippen molar-refractivity contribution in [3.05, 3.63) is 18.2 Å². The van der Waals surface area contributed by atoms with Crippen LogP contribution < -0.4 is 5.32 Å². The summed E-state index contributed by atoms with van der Waals surface area (Å²) in [6.45, 7) is 7.18. The van der Waals surface area contributed by atoms with E-state index < -0.39 is 0 Å². The van der Waals surface area contributed by atoms with E-state index >= 15 is 0 Å². The van der Waals surface area contributed by atoms with Crippen LogP contribution in [0.2, 0.25) is 0 Å². The van der Waals surface area contributed by atoms with Gasteiger partial charge in [-0.3, -0.25) is 0 Å². The van der Waals surface area contributed by atoms with Crippen LogP contribution in [0.1, 0.15) is 20.8 Å². The number of rotatable bonds is 2. The molecule has 86 valence electrons. The summed E-state index contributed by atoms with van der Waals surface area (Å²) in [5.41, 5.74) is 1.51. The fraction of sp³-hybridized carbons (Fsp3) is 0.417. The third kappa shape index (κ3) is 2.45. The highest BCUT2D eigenvalue weighted by Gasteiger charge is 2.12. The van der Waals surface area contributed by atoms with Crippen molar-refractivity contribution in [1.29, 1.82) is 0 Å². The van der Waals surface area contributed by atoms with Crippen molar-refractivity contribution in [2.24, 2.45) is 5.41 Å². The molecule has 0 aliphatic rings. The third-order valence-corrected chi connectivity index (χ3v) is 2.14. The summed E-state index contributed by atoms with van der Waals surface area (Å²) in [6.07, 6.45) is 0. The Morgan fingerprint density at radius 3 is 2.81 bits per heavy atom. The number of aromatic nitrogens is 1. The SMILES string of the molecule is CC(C)(C)CNc1nc2ccc(O)cc2o1. The molecule has 0 bridgehead atoms. The van der Waals surface area contributed by atoms with Crippen molar-refractivity contribution in [3.63, 3.8) is 0 Å². The zero-order valence-electron chi connectivity index (χ0n) is 9.74. The number of hydrogen-bond acceptors (Lipinski definition) is 4. The molecule has 0 fully saturated rings. The zero-order valence-corrected chi connectivity index (χ0v) is 9.74. The smallest absolute Gasteiger partial charge is 0.295 e. The Morgan fingerprint density at radius 2 is 2.12 bits per heavy atom. The average molecular weight is 220 g/mol.